The Bertz CT molecular complexity index is 685. The first kappa shape index (κ1) is 16.3. The van der Waals surface area contributed by atoms with Crippen LogP contribution in [-0.2, 0) is 9.63 Å². The van der Waals surface area contributed by atoms with Crippen LogP contribution >= 0.6 is 23.2 Å². The van der Waals surface area contributed by atoms with Gasteiger partial charge in [0.25, 0.3) is 5.91 Å². The number of hydrogen-bond donors (Lipinski definition) is 1. The highest BCUT2D eigenvalue weighted by Gasteiger charge is 2.04. The molecule has 0 aliphatic carbocycles. The van der Waals surface area contributed by atoms with Crippen molar-refractivity contribution in [3.63, 3.8) is 0 Å². The van der Waals surface area contributed by atoms with Crippen molar-refractivity contribution < 1.29 is 9.63 Å². The highest BCUT2D eigenvalue weighted by molar-refractivity contribution is 6.31. The van der Waals surface area contributed by atoms with Crippen molar-refractivity contribution in [1.82, 2.24) is 0 Å². The highest BCUT2D eigenvalue weighted by atomic mass is 35.5. The molecule has 0 bridgehead atoms. The van der Waals surface area contributed by atoms with Crippen molar-refractivity contribution in [3.05, 3.63) is 63.6 Å². The molecule has 0 saturated carbocycles. The van der Waals surface area contributed by atoms with Crippen LogP contribution in [0.15, 0.2) is 47.6 Å². The Morgan fingerprint density at radius 2 is 1.95 bits per heavy atom. The summed E-state index contributed by atoms with van der Waals surface area (Å²) in [6.45, 7) is 1.71. The van der Waals surface area contributed by atoms with Gasteiger partial charge in [-0.3, -0.25) is 4.79 Å². The summed E-state index contributed by atoms with van der Waals surface area (Å²) in [7, 11) is 0. The summed E-state index contributed by atoms with van der Waals surface area (Å²) < 4.78 is 0. The van der Waals surface area contributed by atoms with Crippen LogP contribution in [0.1, 0.15) is 11.1 Å². The molecule has 0 heterocycles. The number of benzene rings is 2. The molecule has 2 aromatic carbocycles. The van der Waals surface area contributed by atoms with Gasteiger partial charge in [0, 0.05) is 15.7 Å². The SMILES string of the molecule is Cc1ccc(NC(=O)CO/N=C/c2ccc(Cl)cc2)cc1Cl. The van der Waals surface area contributed by atoms with Gasteiger partial charge in [-0.2, -0.15) is 0 Å². The summed E-state index contributed by atoms with van der Waals surface area (Å²) in [6, 6.07) is 12.4. The lowest BCUT2D eigenvalue weighted by atomic mass is 10.2. The number of oxime groups is 1. The fourth-order valence-electron chi connectivity index (χ4n) is 1.61. The quantitative estimate of drug-likeness (QED) is 0.654. The molecule has 2 rings (SSSR count). The first-order chi connectivity index (χ1) is 10.5. The van der Waals surface area contributed by atoms with Crippen LogP contribution in [0.4, 0.5) is 5.69 Å². The molecule has 0 fully saturated rings. The van der Waals surface area contributed by atoms with Gasteiger partial charge in [-0.15, -0.1) is 0 Å². The van der Waals surface area contributed by atoms with E-state index in [4.69, 9.17) is 28.0 Å². The first-order valence-corrected chi connectivity index (χ1v) is 7.27. The smallest absolute Gasteiger partial charge is 0.265 e. The van der Waals surface area contributed by atoms with Crippen molar-refractivity contribution in [1.29, 1.82) is 0 Å². The summed E-state index contributed by atoms with van der Waals surface area (Å²) >= 11 is 11.8. The Hall–Kier alpha value is -2.04. The fraction of sp³-hybridized carbons (Fsp3) is 0.125. The summed E-state index contributed by atoms with van der Waals surface area (Å²) in [5.74, 6) is -0.312. The van der Waals surface area contributed by atoms with E-state index in [0.29, 0.717) is 15.7 Å². The van der Waals surface area contributed by atoms with E-state index in [2.05, 4.69) is 10.5 Å². The van der Waals surface area contributed by atoms with Crippen LogP contribution < -0.4 is 5.32 Å². The van der Waals surface area contributed by atoms with Crippen LogP contribution in [0, 0.1) is 6.92 Å². The van der Waals surface area contributed by atoms with Crippen molar-refractivity contribution >= 4 is 41.0 Å². The summed E-state index contributed by atoms with van der Waals surface area (Å²) in [4.78, 5) is 16.6. The Morgan fingerprint density at radius 1 is 1.23 bits per heavy atom. The highest BCUT2D eigenvalue weighted by Crippen LogP contribution is 2.19. The van der Waals surface area contributed by atoms with Gasteiger partial charge in [0.05, 0.1) is 6.21 Å². The van der Waals surface area contributed by atoms with Gasteiger partial charge in [0.15, 0.2) is 6.61 Å². The number of nitrogens with zero attached hydrogens (tertiary/aromatic N) is 1. The molecule has 4 nitrogen and oxygen atoms in total. The average molecular weight is 337 g/mol. The molecule has 0 radical (unpaired) electrons. The number of carbonyl (C=O) groups excluding carboxylic acids is 1. The number of anilines is 1. The van der Waals surface area contributed by atoms with E-state index in [0.717, 1.165) is 11.1 Å². The number of hydrogen-bond acceptors (Lipinski definition) is 3. The normalized spacial score (nSPS) is 10.7. The van der Waals surface area contributed by atoms with E-state index in [1.807, 2.05) is 13.0 Å². The molecule has 0 aromatic heterocycles. The topological polar surface area (TPSA) is 50.7 Å². The van der Waals surface area contributed by atoms with Gasteiger partial charge in [0.2, 0.25) is 0 Å². The molecule has 0 spiro atoms. The lowest BCUT2D eigenvalue weighted by Crippen LogP contribution is -2.17. The third-order valence-electron chi connectivity index (χ3n) is 2.80. The number of amides is 1. The van der Waals surface area contributed by atoms with Crippen LogP contribution in [-0.4, -0.2) is 18.7 Å². The minimum absolute atomic E-state index is 0.185. The maximum atomic E-state index is 11.7. The van der Waals surface area contributed by atoms with Gasteiger partial charge in [0.1, 0.15) is 0 Å². The number of carbonyl (C=O) groups is 1. The molecule has 0 unspecified atom stereocenters. The number of aryl methyl sites for hydroxylation is 1. The van der Waals surface area contributed by atoms with E-state index in [9.17, 15) is 4.79 Å². The molecule has 1 N–H and O–H groups in total. The summed E-state index contributed by atoms with van der Waals surface area (Å²) in [6.07, 6.45) is 1.51. The van der Waals surface area contributed by atoms with Crippen LogP contribution in [0.25, 0.3) is 0 Å². The second-order valence-corrected chi connectivity index (χ2v) is 5.42. The van der Waals surface area contributed by atoms with Crippen molar-refractivity contribution in [2.75, 3.05) is 11.9 Å². The van der Waals surface area contributed by atoms with Gasteiger partial charge in [-0.1, -0.05) is 46.6 Å². The second-order valence-electron chi connectivity index (χ2n) is 4.57. The van der Waals surface area contributed by atoms with E-state index < -0.39 is 0 Å². The monoisotopic (exact) mass is 336 g/mol. The zero-order chi connectivity index (χ0) is 15.9. The molecule has 0 aliphatic rings. The lowest BCUT2D eigenvalue weighted by Gasteiger charge is -2.06. The van der Waals surface area contributed by atoms with Gasteiger partial charge in [-0.25, -0.2) is 0 Å². The largest absolute Gasteiger partial charge is 0.386 e. The molecular weight excluding hydrogens is 323 g/mol. The second kappa shape index (κ2) is 7.82. The summed E-state index contributed by atoms with van der Waals surface area (Å²) in [5, 5.41) is 7.65. The minimum Gasteiger partial charge on any atom is -0.386 e. The van der Waals surface area contributed by atoms with Crippen molar-refractivity contribution in [2.45, 2.75) is 6.92 Å². The summed E-state index contributed by atoms with van der Waals surface area (Å²) in [5.41, 5.74) is 2.39. The zero-order valence-electron chi connectivity index (χ0n) is 11.8. The molecule has 114 valence electrons. The molecule has 0 saturated heterocycles. The zero-order valence-corrected chi connectivity index (χ0v) is 13.4. The van der Waals surface area contributed by atoms with E-state index >= 15 is 0 Å². The molecule has 2 aromatic rings. The fourth-order valence-corrected chi connectivity index (χ4v) is 1.92. The van der Waals surface area contributed by atoms with Crippen molar-refractivity contribution in [2.24, 2.45) is 5.16 Å². The average Bonchev–Trinajstić information content (AvgIpc) is 2.49. The van der Waals surface area contributed by atoms with Crippen molar-refractivity contribution in [3.8, 4) is 0 Å². The molecule has 6 heteroatoms. The standard InChI is InChI=1S/C16H14Cl2N2O2/c1-11-2-7-14(8-15(11)18)20-16(21)10-22-19-9-12-3-5-13(17)6-4-12/h2-9H,10H2,1H3,(H,20,21)/b19-9+. The molecule has 22 heavy (non-hydrogen) atoms. The molecule has 1 amide bonds. The Kier molecular flexibility index (Phi) is 5.81. The Labute approximate surface area is 138 Å². The lowest BCUT2D eigenvalue weighted by molar-refractivity contribution is -0.120. The number of nitrogens with one attached hydrogen (secondary N) is 1. The van der Waals surface area contributed by atoms with Crippen LogP contribution in [0.2, 0.25) is 10.0 Å². The van der Waals surface area contributed by atoms with Crippen LogP contribution in [0.5, 0.6) is 0 Å². The number of rotatable bonds is 5. The van der Waals surface area contributed by atoms with Gasteiger partial charge in [-0.05, 0) is 42.3 Å². The number of halogens is 2. The Balaban J connectivity index is 1.80. The van der Waals surface area contributed by atoms with E-state index in [1.54, 1.807) is 36.4 Å². The van der Waals surface area contributed by atoms with E-state index in [1.165, 1.54) is 6.21 Å². The molecular formula is C16H14Cl2N2O2. The van der Waals surface area contributed by atoms with Gasteiger partial charge < -0.3 is 10.2 Å². The third kappa shape index (κ3) is 5.06. The minimum atomic E-state index is -0.312. The molecule has 0 atom stereocenters. The predicted octanol–water partition coefficient (Wildman–Crippen LogP) is 4.29. The molecule has 0 aliphatic heterocycles. The third-order valence-corrected chi connectivity index (χ3v) is 3.46. The predicted molar refractivity (Wildman–Crippen MR) is 89.8 cm³/mol. The van der Waals surface area contributed by atoms with Gasteiger partial charge >= 0.3 is 0 Å². The Morgan fingerprint density at radius 3 is 2.64 bits per heavy atom. The maximum Gasteiger partial charge on any atom is 0.265 e. The maximum absolute atomic E-state index is 11.7. The van der Waals surface area contributed by atoms with E-state index in [-0.39, 0.29) is 12.5 Å². The van der Waals surface area contributed by atoms with Crippen LogP contribution in [0.3, 0.4) is 0 Å². The first-order valence-electron chi connectivity index (χ1n) is 6.51.